The van der Waals surface area contributed by atoms with Crippen LogP contribution in [0.15, 0.2) is 4.42 Å². The Morgan fingerprint density at radius 1 is 1.64 bits per heavy atom. The largest absolute Gasteiger partial charge is 0.423 e. The number of aliphatic hydroxyl groups excluding tert-OH is 1. The second-order valence-electron chi connectivity index (χ2n) is 4.51. The van der Waals surface area contributed by atoms with Gasteiger partial charge in [-0.2, -0.15) is 0 Å². The summed E-state index contributed by atoms with van der Waals surface area (Å²) >= 11 is 0. The Kier molecular flexibility index (Phi) is 2.08. The van der Waals surface area contributed by atoms with Crippen molar-refractivity contribution in [3.63, 3.8) is 0 Å². The van der Waals surface area contributed by atoms with Crippen LogP contribution in [0.5, 0.6) is 0 Å². The summed E-state index contributed by atoms with van der Waals surface area (Å²) in [6, 6.07) is -0.557. The second kappa shape index (κ2) is 3.03. The minimum absolute atomic E-state index is 0.171. The maximum absolute atomic E-state index is 8.80. The third kappa shape index (κ3) is 1.53. The van der Waals surface area contributed by atoms with Crippen molar-refractivity contribution in [2.24, 2.45) is 11.1 Å². The fourth-order valence-electron chi connectivity index (χ4n) is 1.50. The molecular weight excluding hydrogens is 182 g/mol. The second-order valence-corrected chi connectivity index (χ2v) is 4.51. The summed E-state index contributed by atoms with van der Waals surface area (Å²) < 4.78 is 5.39. The van der Waals surface area contributed by atoms with Crippen molar-refractivity contribution < 1.29 is 9.52 Å². The average Bonchev–Trinajstić information content (AvgIpc) is 2.64. The molecule has 1 aromatic heterocycles. The average molecular weight is 197 g/mol. The van der Waals surface area contributed by atoms with Gasteiger partial charge >= 0.3 is 0 Å². The Morgan fingerprint density at radius 3 is 2.79 bits per heavy atom. The molecule has 0 bridgehead atoms. The first-order valence-electron chi connectivity index (χ1n) is 4.74. The van der Waals surface area contributed by atoms with E-state index in [1.54, 1.807) is 0 Å². The lowest BCUT2D eigenvalue weighted by atomic mass is 10.1. The molecule has 5 nitrogen and oxygen atoms in total. The summed E-state index contributed by atoms with van der Waals surface area (Å²) in [5, 5.41) is 16.5. The molecule has 0 aliphatic heterocycles. The summed E-state index contributed by atoms with van der Waals surface area (Å²) in [6.45, 7) is 4.15. The first kappa shape index (κ1) is 9.61. The molecule has 1 heterocycles. The van der Waals surface area contributed by atoms with E-state index in [2.05, 4.69) is 24.0 Å². The van der Waals surface area contributed by atoms with Crippen LogP contribution in [0.2, 0.25) is 0 Å². The highest BCUT2D eigenvalue weighted by Gasteiger charge is 2.50. The van der Waals surface area contributed by atoms with Gasteiger partial charge in [-0.3, -0.25) is 0 Å². The minimum Gasteiger partial charge on any atom is -0.423 e. The zero-order chi connectivity index (χ0) is 10.3. The molecule has 5 heteroatoms. The SMILES string of the molecule is CC1(C)CC1c1nnc([C@H](N)CO)o1. The molecule has 3 N–H and O–H groups in total. The van der Waals surface area contributed by atoms with Gasteiger partial charge in [0.25, 0.3) is 0 Å². The standard InChI is InChI=1S/C9H15N3O2/c1-9(2)3-5(9)7-11-12-8(14-7)6(10)4-13/h5-6,13H,3-4,10H2,1-2H3/t5?,6-/m1/s1. The molecule has 14 heavy (non-hydrogen) atoms. The Morgan fingerprint density at radius 2 is 2.29 bits per heavy atom. The number of aliphatic hydroxyl groups is 1. The van der Waals surface area contributed by atoms with Crippen molar-refractivity contribution in [2.45, 2.75) is 32.2 Å². The Bertz CT molecular complexity index is 335. The number of nitrogens with two attached hydrogens (primary N) is 1. The number of aromatic nitrogens is 2. The molecular formula is C9H15N3O2. The molecule has 1 saturated carbocycles. The highest BCUT2D eigenvalue weighted by atomic mass is 16.4. The lowest BCUT2D eigenvalue weighted by Gasteiger charge is -2.00. The van der Waals surface area contributed by atoms with Crippen LogP contribution in [0.25, 0.3) is 0 Å². The zero-order valence-corrected chi connectivity index (χ0v) is 8.40. The molecule has 0 radical (unpaired) electrons. The molecule has 0 saturated heterocycles. The topological polar surface area (TPSA) is 85.2 Å². The summed E-state index contributed by atoms with van der Waals surface area (Å²) in [7, 11) is 0. The van der Waals surface area contributed by atoms with E-state index < -0.39 is 6.04 Å². The smallest absolute Gasteiger partial charge is 0.235 e. The van der Waals surface area contributed by atoms with Gasteiger partial charge in [0.1, 0.15) is 6.04 Å². The Balaban J connectivity index is 2.11. The van der Waals surface area contributed by atoms with Gasteiger partial charge < -0.3 is 15.3 Å². The van der Waals surface area contributed by atoms with Gasteiger partial charge in [0.2, 0.25) is 11.8 Å². The van der Waals surface area contributed by atoms with Crippen LogP contribution in [0.1, 0.15) is 44.0 Å². The quantitative estimate of drug-likeness (QED) is 0.740. The van der Waals surface area contributed by atoms with Crippen molar-refractivity contribution in [3.8, 4) is 0 Å². The van der Waals surface area contributed by atoms with Crippen molar-refractivity contribution in [3.05, 3.63) is 11.8 Å². The van der Waals surface area contributed by atoms with Gasteiger partial charge in [-0.15, -0.1) is 10.2 Å². The maximum Gasteiger partial charge on any atom is 0.235 e. The van der Waals surface area contributed by atoms with Gasteiger partial charge in [0.15, 0.2) is 0 Å². The zero-order valence-electron chi connectivity index (χ0n) is 8.40. The molecule has 1 fully saturated rings. The van der Waals surface area contributed by atoms with Gasteiger partial charge in [0.05, 0.1) is 6.61 Å². The first-order valence-corrected chi connectivity index (χ1v) is 4.74. The van der Waals surface area contributed by atoms with Crippen LogP contribution in [0, 0.1) is 5.41 Å². The van der Waals surface area contributed by atoms with E-state index in [1.807, 2.05) is 0 Å². The highest BCUT2D eigenvalue weighted by Crippen LogP contribution is 2.58. The molecule has 1 aromatic rings. The van der Waals surface area contributed by atoms with E-state index >= 15 is 0 Å². The van der Waals surface area contributed by atoms with Crippen molar-refractivity contribution >= 4 is 0 Å². The van der Waals surface area contributed by atoms with Crippen molar-refractivity contribution in [1.82, 2.24) is 10.2 Å². The summed E-state index contributed by atoms with van der Waals surface area (Å²) in [4.78, 5) is 0. The van der Waals surface area contributed by atoms with E-state index in [0.717, 1.165) is 6.42 Å². The first-order chi connectivity index (χ1) is 6.54. The van der Waals surface area contributed by atoms with Crippen molar-refractivity contribution in [2.75, 3.05) is 6.61 Å². The molecule has 78 valence electrons. The van der Waals surface area contributed by atoms with Gasteiger partial charge in [-0.25, -0.2) is 0 Å². The molecule has 0 spiro atoms. The summed E-state index contributed by atoms with van der Waals surface area (Å²) in [6.07, 6.45) is 1.07. The summed E-state index contributed by atoms with van der Waals surface area (Å²) in [5.41, 5.74) is 5.82. The molecule has 0 amide bonds. The van der Waals surface area contributed by atoms with E-state index in [-0.39, 0.29) is 12.0 Å². The van der Waals surface area contributed by atoms with Gasteiger partial charge in [0, 0.05) is 5.92 Å². The lowest BCUT2D eigenvalue weighted by molar-refractivity contribution is 0.245. The van der Waals surface area contributed by atoms with E-state index in [0.29, 0.717) is 17.7 Å². The normalized spacial score (nSPS) is 26.1. The molecule has 2 rings (SSSR count). The minimum atomic E-state index is -0.557. The van der Waals surface area contributed by atoms with Crippen LogP contribution in [0.3, 0.4) is 0 Å². The van der Waals surface area contributed by atoms with E-state index in [1.165, 1.54) is 0 Å². The monoisotopic (exact) mass is 197 g/mol. The maximum atomic E-state index is 8.80. The fourth-order valence-corrected chi connectivity index (χ4v) is 1.50. The predicted octanol–water partition coefficient (Wildman–Crippen LogP) is 0.575. The number of hydrogen-bond acceptors (Lipinski definition) is 5. The van der Waals surface area contributed by atoms with Gasteiger partial charge in [-0.1, -0.05) is 13.8 Å². The summed E-state index contributed by atoms with van der Waals surface area (Å²) in [5.74, 6) is 1.33. The molecule has 0 aromatic carbocycles. The molecule has 1 unspecified atom stereocenters. The van der Waals surface area contributed by atoms with Crippen LogP contribution in [-0.2, 0) is 0 Å². The van der Waals surface area contributed by atoms with E-state index in [9.17, 15) is 0 Å². The van der Waals surface area contributed by atoms with Crippen LogP contribution >= 0.6 is 0 Å². The van der Waals surface area contributed by atoms with Crippen LogP contribution in [0.4, 0.5) is 0 Å². The predicted molar refractivity (Wildman–Crippen MR) is 49.5 cm³/mol. The number of nitrogens with zero attached hydrogens (tertiary/aromatic N) is 2. The third-order valence-electron chi connectivity index (χ3n) is 2.78. The van der Waals surface area contributed by atoms with Crippen molar-refractivity contribution in [1.29, 1.82) is 0 Å². The van der Waals surface area contributed by atoms with Crippen LogP contribution < -0.4 is 5.73 Å². The molecule has 2 atom stereocenters. The lowest BCUT2D eigenvalue weighted by Crippen LogP contribution is -2.14. The number of hydrogen-bond donors (Lipinski definition) is 2. The molecule has 1 aliphatic rings. The fraction of sp³-hybridized carbons (Fsp3) is 0.778. The Labute approximate surface area is 82.3 Å². The third-order valence-corrected chi connectivity index (χ3v) is 2.78. The molecule has 1 aliphatic carbocycles. The number of rotatable bonds is 3. The van der Waals surface area contributed by atoms with Crippen LogP contribution in [-0.4, -0.2) is 21.9 Å². The van der Waals surface area contributed by atoms with E-state index in [4.69, 9.17) is 15.3 Å². The highest BCUT2D eigenvalue weighted by molar-refractivity contribution is 5.12. The van der Waals surface area contributed by atoms with Gasteiger partial charge in [-0.05, 0) is 11.8 Å². The Hall–Kier alpha value is -0.940.